The molecule has 4 nitrogen and oxygen atoms in total. The van der Waals surface area contributed by atoms with Crippen LogP contribution in [-0.2, 0) is 4.74 Å². The minimum atomic E-state index is -0.101. The molecule has 0 aliphatic carbocycles. The van der Waals surface area contributed by atoms with Crippen LogP contribution in [0, 0.1) is 0 Å². The van der Waals surface area contributed by atoms with E-state index in [1.54, 1.807) is 24.3 Å². The Kier molecular flexibility index (Phi) is 4.36. The first kappa shape index (κ1) is 12.4. The molecule has 1 fully saturated rings. The Bertz CT molecular complexity index is 375. The molecule has 1 aliphatic rings. The van der Waals surface area contributed by atoms with Gasteiger partial charge < -0.3 is 15.4 Å². The van der Waals surface area contributed by atoms with Gasteiger partial charge in [0.2, 0.25) is 0 Å². The normalized spacial score (nSPS) is 19.9. The Morgan fingerprint density at radius 1 is 1.47 bits per heavy atom. The Hall–Kier alpha value is -1.10. The molecule has 0 bridgehead atoms. The molecular weight excluding hydrogens is 240 g/mol. The van der Waals surface area contributed by atoms with Crippen molar-refractivity contribution in [2.45, 2.75) is 6.10 Å². The zero-order valence-electron chi connectivity index (χ0n) is 9.41. The SMILES string of the molecule is O=C(NCC1CNCCO1)c1ccc(Cl)cc1. The molecule has 0 saturated carbocycles. The molecule has 1 saturated heterocycles. The van der Waals surface area contributed by atoms with Crippen molar-refractivity contribution in [3.05, 3.63) is 34.9 Å². The number of halogens is 1. The first-order valence-electron chi connectivity index (χ1n) is 5.62. The van der Waals surface area contributed by atoms with Crippen LogP contribution in [0.2, 0.25) is 5.02 Å². The van der Waals surface area contributed by atoms with Crippen LogP contribution in [0.5, 0.6) is 0 Å². The van der Waals surface area contributed by atoms with E-state index in [0.29, 0.717) is 23.7 Å². The number of ether oxygens (including phenoxy) is 1. The summed E-state index contributed by atoms with van der Waals surface area (Å²) in [7, 11) is 0. The van der Waals surface area contributed by atoms with Crippen LogP contribution < -0.4 is 10.6 Å². The standard InChI is InChI=1S/C12H15ClN2O2/c13-10-3-1-9(2-4-10)12(16)15-8-11-7-14-5-6-17-11/h1-4,11,14H,5-8H2,(H,15,16). The van der Waals surface area contributed by atoms with Crippen LogP contribution in [0.3, 0.4) is 0 Å². The van der Waals surface area contributed by atoms with Crippen molar-refractivity contribution in [3.63, 3.8) is 0 Å². The van der Waals surface area contributed by atoms with Crippen molar-refractivity contribution in [1.82, 2.24) is 10.6 Å². The van der Waals surface area contributed by atoms with Crippen LogP contribution in [-0.4, -0.2) is 38.3 Å². The number of hydrogen-bond acceptors (Lipinski definition) is 3. The van der Waals surface area contributed by atoms with Crippen LogP contribution >= 0.6 is 11.6 Å². The van der Waals surface area contributed by atoms with Gasteiger partial charge in [-0.05, 0) is 24.3 Å². The number of benzene rings is 1. The lowest BCUT2D eigenvalue weighted by molar-refractivity contribution is 0.0287. The molecule has 5 heteroatoms. The van der Waals surface area contributed by atoms with Crippen molar-refractivity contribution < 1.29 is 9.53 Å². The number of nitrogens with one attached hydrogen (secondary N) is 2. The first-order valence-corrected chi connectivity index (χ1v) is 5.99. The van der Waals surface area contributed by atoms with Gasteiger partial charge >= 0.3 is 0 Å². The van der Waals surface area contributed by atoms with Gasteiger partial charge in [-0.15, -0.1) is 0 Å². The van der Waals surface area contributed by atoms with Gasteiger partial charge in [-0.25, -0.2) is 0 Å². The lowest BCUT2D eigenvalue weighted by atomic mass is 10.2. The first-order chi connectivity index (χ1) is 8.25. The summed E-state index contributed by atoms with van der Waals surface area (Å²) in [4.78, 5) is 11.8. The highest BCUT2D eigenvalue weighted by molar-refractivity contribution is 6.30. The molecule has 0 radical (unpaired) electrons. The summed E-state index contributed by atoms with van der Waals surface area (Å²) in [6, 6.07) is 6.82. The van der Waals surface area contributed by atoms with Crippen molar-refractivity contribution in [2.24, 2.45) is 0 Å². The maximum Gasteiger partial charge on any atom is 0.251 e. The van der Waals surface area contributed by atoms with Gasteiger partial charge in [0.1, 0.15) is 0 Å². The molecular formula is C12H15ClN2O2. The highest BCUT2D eigenvalue weighted by atomic mass is 35.5. The molecule has 0 aromatic heterocycles. The predicted molar refractivity (Wildman–Crippen MR) is 66.4 cm³/mol. The maximum absolute atomic E-state index is 11.8. The molecule has 1 aliphatic heterocycles. The summed E-state index contributed by atoms with van der Waals surface area (Å²) < 4.78 is 5.48. The monoisotopic (exact) mass is 254 g/mol. The highest BCUT2D eigenvalue weighted by Gasteiger charge is 2.14. The molecule has 1 heterocycles. The maximum atomic E-state index is 11.8. The zero-order chi connectivity index (χ0) is 12.1. The zero-order valence-corrected chi connectivity index (χ0v) is 10.2. The third-order valence-corrected chi connectivity index (χ3v) is 2.85. The van der Waals surface area contributed by atoms with Crippen LogP contribution in [0.1, 0.15) is 10.4 Å². The fourth-order valence-electron chi connectivity index (χ4n) is 1.66. The van der Waals surface area contributed by atoms with E-state index in [1.165, 1.54) is 0 Å². The van der Waals surface area contributed by atoms with Crippen molar-refractivity contribution in [2.75, 3.05) is 26.2 Å². The molecule has 92 valence electrons. The van der Waals surface area contributed by atoms with Crippen LogP contribution in [0.4, 0.5) is 0 Å². The molecule has 2 rings (SSSR count). The lowest BCUT2D eigenvalue weighted by Crippen LogP contribution is -2.45. The Morgan fingerprint density at radius 3 is 2.88 bits per heavy atom. The fourth-order valence-corrected chi connectivity index (χ4v) is 1.79. The summed E-state index contributed by atoms with van der Waals surface area (Å²) in [5.74, 6) is -0.101. The summed E-state index contributed by atoms with van der Waals surface area (Å²) in [6.45, 7) is 2.87. The Balaban J connectivity index is 1.82. The van der Waals surface area contributed by atoms with E-state index in [-0.39, 0.29) is 12.0 Å². The third kappa shape index (κ3) is 3.70. The number of amides is 1. The lowest BCUT2D eigenvalue weighted by Gasteiger charge is -2.23. The second kappa shape index (κ2) is 6.00. The van der Waals surface area contributed by atoms with Crippen LogP contribution in [0.15, 0.2) is 24.3 Å². The summed E-state index contributed by atoms with van der Waals surface area (Å²) >= 11 is 5.76. The van der Waals surface area contributed by atoms with E-state index in [9.17, 15) is 4.79 Å². The second-order valence-electron chi connectivity index (χ2n) is 3.91. The molecule has 0 spiro atoms. The smallest absolute Gasteiger partial charge is 0.251 e. The van der Waals surface area contributed by atoms with Crippen LogP contribution in [0.25, 0.3) is 0 Å². The Labute approximate surface area is 105 Å². The summed E-state index contributed by atoms with van der Waals surface area (Å²) in [6.07, 6.45) is 0.0556. The van der Waals surface area contributed by atoms with Gasteiger partial charge in [-0.1, -0.05) is 11.6 Å². The molecule has 1 amide bonds. The molecule has 1 aromatic carbocycles. The molecule has 1 atom stereocenters. The van der Waals surface area contributed by atoms with Gasteiger partial charge in [-0.2, -0.15) is 0 Å². The number of carbonyl (C=O) groups is 1. The van der Waals surface area contributed by atoms with E-state index in [4.69, 9.17) is 16.3 Å². The largest absolute Gasteiger partial charge is 0.374 e. The third-order valence-electron chi connectivity index (χ3n) is 2.60. The van der Waals surface area contributed by atoms with Crippen molar-refractivity contribution >= 4 is 17.5 Å². The van der Waals surface area contributed by atoms with E-state index in [0.717, 1.165) is 13.1 Å². The number of hydrogen-bond donors (Lipinski definition) is 2. The minimum absolute atomic E-state index is 0.0556. The van der Waals surface area contributed by atoms with E-state index in [1.807, 2.05) is 0 Å². The average molecular weight is 255 g/mol. The van der Waals surface area contributed by atoms with Crippen molar-refractivity contribution in [3.8, 4) is 0 Å². The van der Waals surface area contributed by atoms with Gasteiger partial charge in [-0.3, -0.25) is 4.79 Å². The van der Waals surface area contributed by atoms with Gasteiger partial charge in [0, 0.05) is 30.2 Å². The molecule has 1 aromatic rings. The van der Waals surface area contributed by atoms with E-state index < -0.39 is 0 Å². The van der Waals surface area contributed by atoms with E-state index >= 15 is 0 Å². The topological polar surface area (TPSA) is 50.4 Å². The van der Waals surface area contributed by atoms with Gasteiger partial charge in [0.25, 0.3) is 5.91 Å². The highest BCUT2D eigenvalue weighted by Crippen LogP contribution is 2.09. The molecule has 1 unspecified atom stereocenters. The number of carbonyl (C=O) groups excluding carboxylic acids is 1. The fraction of sp³-hybridized carbons (Fsp3) is 0.417. The molecule has 2 N–H and O–H groups in total. The van der Waals surface area contributed by atoms with Gasteiger partial charge in [0.05, 0.1) is 12.7 Å². The number of rotatable bonds is 3. The summed E-state index contributed by atoms with van der Waals surface area (Å²) in [5.41, 5.74) is 0.609. The van der Waals surface area contributed by atoms with Gasteiger partial charge in [0.15, 0.2) is 0 Å². The second-order valence-corrected chi connectivity index (χ2v) is 4.35. The number of morpholine rings is 1. The summed E-state index contributed by atoms with van der Waals surface area (Å²) in [5, 5.41) is 6.68. The van der Waals surface area contributed by atoms with Crippen molar-refractivity contribution in [1.29, 1.82) is 0 Å². The predicted octanol–water partition coefficient (Wildman–Crippen LogP) is 1.06. The minimum Gasteiger partial charge on any atom is -0.374 e. The van der Waals surface area contributed by atoms with E-state index in [2.05, 4.69) is 10.6 Å². The quantitative estimate of drug-likeness (QED) is 0.848. The molecule has 17 heavy (non-hydrogen) atoms. The average Bonchev–Trinajstić information content (AvgIpc) is 2.38. The Morgan fingerprint density at radius 2 is 2.24 bits per heavy atom.